The summed E-state index contributed by atoms with van der Waals surface area (Å²) in [4.78, 5) is 11.3. The van der Waals surface area contributed by atoms with Crippen LogP contribution in [-0.2, 0) is 28.7 Å². The molecule has 0 saturated heterocycles. The molecule has 6 heteroatoms. The van der Waals surface area contributed by atoms with Crippen molar-refractivity contribution in [2.75, 3.05) is 19.6 Å². The third kappa shape index (κ3) is 4.30. The van der Waals surface area contributed by atoms with Crippen LogP contribution < -0.4 is 24.3 Å². The Kier molecular flexibility index (Phi) is 7.18. The summed E-state index contributed by atoms with van der Waals surface area (Å²) in [7, 11) is 0. The van der Waals surface area contributed by atoms with Crippen LogP contribution in [0.15, 0.2) is 182 Å². The van der Waals surface area contributed by atoms with Gasteiger partial charge in [0, 0.05) is 0 Å². The summed E-state index contributed by atoms with van der Waals surface area (Å²) in [5.74, 6) is 1.35. The van der Waals surface area contributed by atoms with Crippen LogP contribution in [0.1, 0.15) is 59.1 Å². The molecule has 15 rings (SSSR count). The van der Waals surface area contributed by atoms with Gasteiger partial charge >= 0.3 is 383 Å². The molecular formula is C58H40N4OPt-2. The molecule has 1 saturated carbocycles. The number of benzene rings is 8. The molecule has 8 aromatic rings. The van der Waals surface area contributed by atoms with E-state index in [1.165, 1.54) is 88.4 Å². The standard InChI is InChI=1S/C58H40N4O.Pt/c1-5-25-47-43(21-1)44-22-2-6-26-48(44)57(47)39-17-15-19-41(35-39)63-42-20-16-18-40(36-42)58(49-27-7-3-23-45(49)46-24-4-8-28-50(46)58)62-38-60(54-32-12-14-34-56(54)62)52-30-10-9-29-51(52)59-37-61(57)55-33-13-11-31-53(55)59;/h1-8,11-28,31-34,51-52H,9-10,29-30H2;/q-2;. The van der Waals surface area contributed by atoms with Gasteiger partial charge in [-0.1, -0.05) is 0 Å². The molecule has 2 unspecified atom stereocenters. The molecule has 5 nitrogen and oxygen atoms in total. The van der Waals surface area contributed by atoms with Crippen molar-refractivity contribution in [1.29, 1.82) is 0 Å². The summed E-state index contributed by atoms with van der Waals surface area (Å²) in [6.45, 7) is 0. The minimum atomic E-state index is -0.995. The van der Waals surface area contributed by atoms with Gasteiger partial charge in [0.15, 0.2) is 0 Å². The Balaban J connectivity index is 1.17. The fourth-order valence-corrected chi connectivity index (χ4v) is 16.8. The van der Waals surface area contributed by atoms with E-state index in [2.05, 4.69) is 214 Å². The van der Waals surface area contributed by atoms with Crippen molar-refractivity contribution in [3.05, 3.63) is 228 Å². The molecule has 0 N–H and O–H groups in total. The van der Waals surface area contributed by atoms with Crippen molar-refractivity contribution < 1.29 is 22.4 Å². The van der Waals surface area contributed by atoms with Gasteiger partial charge in [0.1, 0.15) is 0 Å². The molecule has 6 bridgehead atoms. The van der Waals surface area contributed by atoms with E-state index in [1.807, 2.05) is 0 Å². The first-order valence-electron chi connectivity index (χ1n) is 22.6. The molecule has 0 radical (unpaired) electrons. The van der Waals surface area contributed by atoms with Gasteiger partial charge in [-0.05, 0) is 0 Å². The van der Waals surface area contributed by atoms with E-state index in [4.69, 9.17) is 4.74 Å². The van der Waals surface area contributed by atoms with E-state index in [-0.39, 0.29) is 12.1 Å². The topological polar surface area (TPSA) is 22.2 Å². The Morgan fingerprint density at radius 3 is 1.17 bits per heavy atom. The Morgan fingerprint density at radius 1 is 0.406 bits per heavy atom. The second kappa shape index (κ2) is 12.9. The van der Waals surface area contributed by atoms with Gasteiger partial charge in [0.25, 0.3) is 0 Å². The second-order valence-corrected chi connectivity index (χ2v) is 20.5. The van der Waals surface area contributed by atoms with Gasteiger partial charge in [0.2, 0.25) is 0 Å². The Bertz CT molecular complexity index is 3090. The van der Waals surface area contributed by atoms with Crippen molar-refractivity contribution >= 4 is 31.0 Å². The van der Waals surface area contributed by atoms with Crippen LogP contribution in [0.25, 0.3) is 22.3 Å². The number of rotatable bonds is 0. The number of fused-ring (bicyclic) bond motifs is 27. The molecule has 3 aliphatic carbocycles. The van der Waals surface area contributed by atoms with E-state index >= 15 is 0 Å². The summed E-state index contributed by atoms with van der Waals surface area (Å²) in [6.07, 6.45) is 4.65. The predicted molar refractivity (Wildman–Crippen MR) is 253 cm³/mol. The zero-order chi connectivity index (χ0) is 41.7. The number of nitrogens with zero attached hydrogens (tertiary/aromatic N) is 4. The van der Waals surface area contributed by atoms with Crippen LogP contribution in [0.4, 0.5) is 22.7 Å². The summed E-state index contributed by atoms with van der Waals surface area (Å²) in [5, 5.41) is 0. The molecule has 0 amide bonds. The normalized spacial score (nSPS) is 20.5. The van der Waals surface area contributed by atoms with E-state index < -0.39 is 28.7 Å². The quantitative estimate of drug-likeness (QED) is 0.141. The third-order valence-electron chi connectivity index (χ3n) is 15.0. The number of hydrogen-bond donors (Lipinski definition) is 0. The summed E-state index contributed by atoms with van der Waals surface area (Å²) in [6, 6.07) is 76.6. The fraction of sp³-hybridized carbons (Fsp3) is 0.138. The molecule has 4 heterocycles. The Labute approximate surface area is 381 Å². The molecule has 2 spiro atoms. The van der Waals surface area contributed by atoms with Crippen LogP contribution >= 0.6 is 0 Å². The molecule has 4 aliphatic heterocycles. The zero-order valence-corrected chi connectivity index (χ0v) is 37.1. The van der Waals surface area contributed by atoms with E-state index in [0.717, 1.165) is 24.0 Å². The molecule has 1 fully saturated rings. The van der Waals surface area contributed by atoms with Crippen LogP contribution in [0, 0.1) is 12.1 Å². The minimum absolute atomic E-state index is 0.257. The van der Waals surface area contributed by atoms with E-state index in [0.29, 0.717) is 11.5 Å². The molecule has 2 atom stereocenters. The summed E-state index contributed by atoms with van der Waals surface area (Å²) >= 11 is -0.995. The Morgan fingerprint density at radius 2 is 0.766 bits per heavy atom. The number of hydrogen-bond acceptors (Lipinski definition) is 5. The average molecular weight is 1000 g/mol. The van der Waals surface area contributed by atoms with Crippen molar-refractivity contribution in [3.8, 4) is 33.8 Å². The SMILES string of the molecule is [c-]1c2cccc1C1(c3ccccc3-c3ccccc31)N1[C]3=[Pt]=[C]4N(c5ccccc5N4C4(c5[c-]c(ccc5)O2)c2ccccc2-c2ccccc24)C2CCCCC2N3c2ccccc21. The molecule has 310 valence electrons. The van der Waals surface area contributed by atoms with Crippen molar-refractivity contribution in [3.63, 3.8) is 0 Å². The maximum absolute atomic E-state index is 7.08. The first-order chi connectivity index (χ1) is 31.8. The van der Waals surface area contributed by atoms with Gasteiger partial charge in [0.05, 0.1) is 0 Å². The molecule has 8 aromatic carbocycles. The van der Waals surface area contributed by atoms with Crippen LogP contribution in [-0.4, -0.2) is 20.4 Å². The van der Waals surface area contributed by atoms with Crippen LogP contribution in [0.3, 0.4) is 0 Å². The molecule has 64 heavy (non-hydrogen) atoms. The van der Waals surface area contributed by atoms with Crippen molar-refractivity contribution in [2.24, 2.45) is 0 Å². The fourth-order valence-electron chi connectivity index (χ4n) is 12.7. The monoisotopic (exact) mass is 1000 g/mol. The second-order valence-electron chi connectivity index (χ2n) is 17.9. The van der Waals surface area contributed by atoms with Crippen LogP contribution in [0.5, 0.6) is 11.5 Å². The van der Waals surface area contributed by atoms with Gasteiger partial charge in [-0.3, -0.25) is 0 Å². The Hall–Kier alpha value is -6.81. The predicted octanol–water partition coefficient (Wildman–Crippen LogP) is 11.9. The molecular weight excluding hydrogens is 964 g/mol. The average Bonchev–Trinajstić information content (AvgIpc) is 4.01. The number of ether oxygens (including phenoxy) is 1. The van der Waals surface area contributed by atoms with Crippen molar-refractivity contribution in [2.45, 2.75) is 48.8 Å². The summed E-state index contributed by atoms with van der Waals surface area (Å²) < 4.78 is 9.89. The zero-order valence-electron chi connectivity index (χ0n) is 34.8. The van der Waals surface area contributed by atoms with Gasteiger partial charge in [-0.2, -0.15) is 0 Å². The van der Waals surface area contributed by atoms with E-state index in [1.54, 1.807) is 0 Å². The first kappa shape index (κ1) is 35.6. The van der Waals surface area contributed by atoms with Gasteiger partial charge in [-0.15, -0.1) is 0 Å². The van der Waals surface area contributed by atoms with Gasteiger partial charge in [-0.25, -0.2) is 0 Å². The maximum atomic E-state index is 7.08. The molecule has 0 aromatic heterocycles. The third-order valence-corrected chi connectivity index (χ3v) is 18.2. The number of para-hydroxylation sites is 4. The summed E-state index contributed by atoms with van der Waals surface area (Å²) in [5.41, 5.74) is 15.9. The number of anilines is 4. The van der Waals surface area contributed by atoms with E-state index in [9.17, 15) is 0 Å². The van der Waals surface area contributed by atoms with Crippen LogP contribution in [0.2, 0.25) is 0 Å². The van der Waals surface area contributed by atoms with Gasteiger partial charge < -0.3 is 0 Å². The molecule has 7 aliphatic rings. The first-order valence-corrected chi connectivity index (χ1v) is 24.9. The van der Waals surface area contributed by atoms with Crippen molar-refractivity contribution in [1.82, 2.24) is 0 Å².